The Labute approximate surface area is 144 Å². The second-order valence-corrected chi connectivity index (χ2v) is 6.27. The Morgan fingerprint density at radius 2 is 1.78 bits per heavy atom. The number of unbranched alkanes of at least 4 members (excludes halogenated alkanes) is 3. The number of hydrogen-bond donors (Lipinski definition) is 0. The normalized spacial score (nSPS) is 16.6. The lowest BCUT2D eigenvalue weighted by molar-refractivity contribution is -0.947. The molecule has 1 aliphatic rings. The highest BCUT2D eigenvalue weighted by Gasteiger charge is 2.30. The molecule has 0 aliphatic carbocycles. The lowest BCUT2D eigenvalue weighted by Crippen LogP contribution is -3.00. The summed E-state index contributed by atoms with van der Waals surface area (Å²) in [6.07, 6.45) is 5.10. The quantitative estimate of drug-likeness (QED) is 0.300. The van der Waals surface area contributed by atoms with Crippen LogP contribution in [0.5, 0.6) is 0 Å². The average molecular weight is 343 g/mol. The van der Waals surface area contributed by atoms with Crippen molar-refractivity contribution in [2.24, 2.45) is 0 Å². The van der Waals surface area contributed by atoms with Crippen molar-refractivity contribution in [3.63, 3.8) is 0 Å². The molecule has 1 heterocycles. The first kappa shape index (κ1) is 19.9. The molecule has 0 bridgehead atoms. The van der Waals surface area contributed by atoms with Gasteiger partial charge in [0.25, 0.3) is 5.69 Å². The SMILES string of the molecule is CCCCCC[N+]1(Cc2ccc([N+](=O)[O-])cc2)CCOCC1.[Cl-]. The van der Waals surface area contributed by atoms with Gasteiger partial charge in [-0.2, -0.15) is 0 Å². The Kier molecular flexibility index (Phi) is 8.52. The number of nitro benzene ring substituents is 1. The highest BCUT2D eigenvalue weighted by Crippen LogP contribution is 2.21. The van der Waals surface area contributed by atoms with Crippen LogP contribution in [0.15, 0.2) is 24.3 Å². The molecule has 0 saturated carbocycles. The Morgan fingerprint density at radius 1 is 1.13 bits per heavy atom. The van der Waals surface area contributed by atoms with E-state index in [0.717, 1.165) is 37.3 Å². The lowest BCUT2D eigenvalue weighted by atomic mass is 10.1. The first-order chi connectivity index (χ1) is 10.7. The molecule has 130 valence electrons. The summed E-state index contributed by atoms with van der Waals surface area (Å²) in [4.78, 5) is 10.4. The molecule has 0 N–H and O–H groups in total. The minimum absolute atomic E-state index is 0. The van der Waals surface area contributed by atoms with Crippen molar-refractivity contribution in [3.8, 4) is 0 Å². The number of hydrogen-bond acceptors (Lipinski definition) is 3. The van der Waals surface area contributed by atoms with Crippen molar-refractivity contribution in [2.75, 3.05) is 32.8 Å². The van der Waals surface area contributed by atoms with Gasteiger partial charge < -0.3 is 21.6 Å². The standard InChI is InChI=1S/C17H27N2O3.ClH/c1-2-3-4-5-10-19(11-13-22-14-12-19)15-16-6-8-17(9-7-16)18(20)21;/h6-9H,2-5,10-15H2,1H3;1H/q+1;/p-1. The first-order valence-corrected chi connectivity index (χ1v) is 8.31. The maximum Gasteiger partial charge on any atom is 0.269 e. The van der Waals surface area contributed by atoms with E-state index in [1.807, 2.05) is 12.1 Å². The molecular weight excluding hydrogens is 316 g/mol. The maximum absolute atomic E-state index is 10.8. The van der Waals surface area contributed by atoms with Gasteiger partial charge in [-0.05, 0) is 25.0 Å². The minimum atomic E-state index is -0.340. The van der Waals surface area contributed by atoms with Gasteiger partial charge in [0.1, 0.15) is 19.6 Å². The van der Waals surface area contributed by atoms with Gasteiger partial charge >= 0.3 is 0 Å². The van der Waals surface area contributed by atoms with E-state index in [1.54, 1.807) is 12.1 Å². The van der Waals surface area contributed by atoms with E-state index in [2.05, 4.69) is 6.92 Å². The van der Waals surface area contributed by atoms with Crippen LogP contribution in [0.1, 0.15) is 38.2 Å². The summed E-state index contributed by atoms with van der Waals surface area (Å²) in [6, 6.07) is 7.03. The van der Waals surface area contributed by atoms with Gasteiger partial charge in [-0.15, -0.1) is 0 Å². The molecular formula is C17H27ClN2O3. The predicted molar refractivity (Wildman–Crippen MR) is 86.6 cm³/mol. The van der Waals surface area contributed by atoms with Gasteiger partial charge in [0.15, 0.2) is 0 Å². The van der Waals surface area contributed by atoms with Crippen LogP contribution in [0, 0.1) is 10.1 Å². The molecule has 1 aliphatic heterocycles. The van der Waals surface area contributed by atoms with E-state index in [9.17, 15) is 10.1 Å². The monoisotopic (exact) mass is 342 g/mol. The third kappa shape index (κ3) is 6.09. The van der Waals surface area contributed by atoms with Crippen LogP contribution in [0.3, 0.4) is 0 Å². The number of nitro groups is 1. The third-order valence-corrected chi connectivity index (χ3v) is 4.57. The van der Waals surface area contributed by atoms with Crippen LogP contribution in [-0.4, -0.2) is 42.3 Å². The molecule has 6 heteroatoms. The van der Waals surface area contributed by atoms with Gasteiger partial charge in [-0.1, -0.05) is 19.8 Å². The Balaban J connectivity index is 0.00000264. The maximum atomic E-state index is 10.8. The van der Waals surface area contributed by atoms with Crippen LogP contribution in [0.4, 0.5) is 5.69 Å². The molecule has 0 amide bonds. The summed E-state index contributed by atoms with van der Waals surface area (Å²) in [5, 5.41) is 10.8. The smallest absolute Gasteiger partial charge is 0.269 e. The Hall–Kier alpha value is -1.17. The second kappa shape index (κ2) is 9.85. The molecule has 5 nitrogen and oxygen atoms in total. The number of ether oxygens (including phenoxy) is 1. The first-order valence-electron chi connectivity index (χ1n) is 8.31. The summed E-state index contributed by atoms with van der Waals surface area (Å²) in [5.41, 5.74) is 1.35. The van der Waals surface area contributed by atoms with Gasteiger partial charge in [-0.3, -0.25) is 10.1 Å². The Bertz CT molecular complexity index is 473. The van der Waals surface area contributed by atoms with Crippen LogP contribution in [0.2, 0.25) is 0 Å². The van der Waals surface area contributed by atoms with E-state index in [4.69, 9.17) is 4.74 Å². The van der Waals surface area contributed by atoms with Gasteiger partial charge in [0.05, 0.1) is 24.7 Å². The summed E-state index contributed by atoms with van der Waals surface area (Å²) in [6.45, 7) is 8.09. The molecule has 0 atom stereocenters. The van der Waals surface area contributed by atoms with Crippen molar-refractivity contribution in [1.29, 1.82) is 0 Å². The zero-order valence-electron chi connectivity index (χ0n) is 13.9. The highest BCUT2D eigenvalue weighted by atomic mass is 35.5. The van der Waals surface area contributed by atoms with Crippen molar-refractivity contribution in [2.45, 2.75) is 39.2 Å². The van der Waals surface area contributed by atoms with Crippen LogP contribution >= 0.6 is 0 Å². The van der Waals surface area contributed by atoms with Crippen molar-refractivity contribution in [1.82, 2.24) is 0 Å². The minimum Gasteiger partial charge on any atom is -1.00 e. The van der Waals surface area contributed by atoms with Gasteiger partial charge in [-0.25, -0.2) is 0 Å². The summed E-state index contributed by atoms with van der Waals surface area (Å²) in [5.74, 6) is 0. The molecule has 0 unspecified atom stereocenters. The van der Waals surface area contributed by atoms with Crippen LogP contribution in [0.25, 0.3) is 0 Å². The number of quaternary nitrogens is 1. The van der Waals surface area contributed by atoms with E-state index in [-0.39, 0.29) is 23.0 Å². The molecule has 1 saturated heterocycles. The van der Waals surface area contributed by atoms with E-state index < -0.39 is 0 Å². The number of morpholine rings is 1. The second-order valence-electron chi connectivity index (χ2n) is 6.27. The fourth-order valence-corrected chi connectivity index (χ4v) is 3.18. The number of benzene rings is 1. The molecule has 23 heavy (non-hydrogen) atoms. The summed E-state index contributed by atoms with van der Waals surface area (Å²) in [7, 11) is 0. The van der Waals surface area contributed by atoms with Crippen LogP contribution < -0.4 is 12.4 Å². The molecule has 2 rings (SSSR count). The lowest BCUT2D eigenvalue weighted by Gasteiger charge is -2.41. The number of nitrogens with zero attached hydrogens (tertiary/aromatic N) is 2. The third-order valence-electron chi connectivity index (χ3n) is 4.57. The van der Waals surface area contributed by atoms with Crippen LogP contribution in [-0.2, 0) is 11.3 Å². The fourth-order valence-electron chi connectivity index (χ4n) is 3.18. The number of rotatable bonds is 8. The molecule has 1 fully saturated rings. The average Bonchev–Trinajstić information content (AvgIpc) is 2.53. The molecule has 0 spiro atoms. The van der Waals surface area contributed by atoms with Gasteiger partial charge in [0, 0.05) is 17.7 Å². The Morgan fingerprint density at radius 3 is 2.35 bits per heavy atom. The molecule has 0 radical (unpaired) electrons. The molecule has 1 aromatic carbocycles. The van der Waals surface area contributed by atoms with Crippen molar-refractivity contribution < 1.29 is 26.6 Å². The zero-order chi connectivity index (χ0) is 15.8. The van der Waals surface area contributed by atoms with E-state index >= 15 is 0 Å². The molecule has 1 aromatic rings. The largest absolute Gasteiger partial charge is 1.00 e. The number of non-ortho nitro benzene ring substituents is 1. The predicted octanol–water partition coefficient (Wildman–Crippen LogP) is 0.526. The van der Waals surface area contributed by atoms with E-state index in [1.165, 1.54) is 37.8 Å². The number of halogens is 1. The topological polar surface area (TPSA) is 52.4 Å². The van der Waals surface area contributed by atoms with Gasteiger partial charge in [0.2, 0.25) is 0 Å². The van der Waals surface area contributed by atoms with Crippen molar-refractivity contribution >= 4 is 5.69 Å². The zero-order valence-corrected chi connectivity index (χ0v) is 14.6. The summed E-state index contributed by atoms with van der Waals surface area (Å²) < 4.78 is 6.59. The molecule has 0 aromatic heterocycles. The highest BCUT2D eigenvalue weighted by molar-refractivity contribution is 5.32. The fraction of sp³-hybridized carbons (Fsp3) is 0.647. The van der Waals surface area contributed by atoms with E-state index in [0.29, 0.717) is 0 Å². The van der Waals surface area contributed by atoms with Crippen molar-refractivity contribution in [3.05, 3.63) is 39.9 Å². The summed E-state index contributed by atoms with van der Waals surface area (Å²) >= 11 is 0.